The molecule has 8 heteroatoms. The maximum absolute atomic E-state index is 4.64. The van der Waals surface area contributed by atoms with E-state index in [1.807, 2.05) is 7.05 Å². The van der Waals surface area contributed by atoms with Gasteiger partial charge in [-0.2, -0.15) is 0 Å². The Morgan fingerprint density at radius 1 is 1.14 bits per heavy atom. The number of thiazole rings is 1. The first-order chi connectivity index (χ1) is 13.3. The zero-order valence-corrected chi connectivity index (χ0v) is 20.0. The number of aromatic nitrogens is 2. The van der Waals surface area contributed by atoms with Crippen LogP contribution < -0.4 is 10.6 Å². The van der Waals surface area contributed by atoms with Gasteiger partial charge < -0.3 is 10.6 Å². The van der Waals surface area contributed by atoms with E-state index in [0.29, 0.717) is 12.1 Å². The van der Waals surface area contributed by atoms with E-state index in [1.165, 1.54) is 64.5 Å². The molecule has 0 spiro atoms. The molecule has 2 aromatic rings. The lowest BCUT2D eigenvalue weighted by atomic mass is 9.79. The summed E-state index contributed by atoms with van der Waals surface area (Å²) < 4.78 is 2.07. The van der Waals surface area contributed by atoms with Crippen LogP contribution in [0.25, 0.3) is 4.96 Å². The first-order valence-corrected chi connectivity index (χ1v) is 11.3. The van der Waals surface area contributed by atoms with Crippen molar-refractivity contribution in [2.24, 2.45) is 4.99 Å². The lowest BCUT2D eigenvalue weighted by Crippen LogP contribution is -2.59. The molecule has 1 aliphatic carbocycles. The van der Waals surface area contributed by atoms with Gasteiger partial charge in [0.05, 0.1) is 12.2 Å². The molecule has 0 amide bonds. The van der Waals surface area contributed by atoms with Gasteiger partial charge in [0.2, 0.25) is 0 Å². The fraction of sp³-hybridized carbons (Fsp3) is 0.700. The highest BCUT2D eigenvalue weighted by Gasteiger charge is 2.38. The fourth-order valence-corrected chi connectivity index (χ4v) is 5.41. The zero-order valence-electron chi connectivity index (χ0n) is 16.8. The van der Waals surface area contributed by atoms with Crippen molar-refractivity contribution in [1.82, 2.24) is 24.9 Å². The number of nitrogens with zero attached hydrogens (tertiary/aromatic N) is 4. The molecule has 0 unspecified atom stereocenters. The van der Waals surface area contributed by atoms with Gasteiger partial charge in [-0.15, -0.1) is 35.3 Å². The van der Waals surface area contributed by atoms with E-state index in [9.17, 15) is 0 Å². The zero-order chi connectivity index (χ0) is 18.5. The molecule has 156 valence electrons. The molecule has 6 nitrogen and oxygen atoms in total. The van der Waals surface area contributed by atoms with Crippen LogP contribution in [0.4, 0.5) is 0 Å². The molecule has 28 heavy (non-hydrogen) atoms. The van der Waals surface area contributed by atoms with Crippen molar-refractivity contribution in [3.8, 4) is 0 Å². The predicted octanol–water partition coefficient (Wildman–Crippen LogP) is 3.87. The summed E-state index contributed by atoms with van der Waals surface area (Å²) in [6.07, 6.45) is 15.0. The summed E-state index contributed by atoms with van der Waals surface area (Å²) in [5.41, 5.74) is 1.36. The normalized spacial score (nSPS) is 20.7. The van der Waals surface area contributed by atoms with Gasteiger partial charge in [0, 0.05) is 36.9 Å². The molecule has 2 N–H and O–H groups in total. The Labute approximate surface area is 189 Å². The molecule has 1 saturated carbocycles. The Balaban J connectivity index is 0.00000225. The van der Waals surface area contributed by atoms with Crippen molar-refractivity contribution >= 4 is 46.2 Å². The molecule has 4 rings (SSSR count). The van der Waals surface area contributed by atoms with Crippen LogP contribution in [-0.2, 0) is 6.54 Å². The number of hydrogen-bond donors (Lipinski definition) is 2. The third kappa shape index (κ3) is 4.99. The van der Waals surface area contributed by atoms with Crippen molar-refractivity contribution < 1.29 is 0 Å². The minimum absolute atomic E-state index is 0. The first-order valence-electron chi connectivity index (χ1n) is 10.4. The molecule has 1 aliphatic heterocycles. The summed E-state index contributed by atoms with van der Waals surface area (Å²) in [6, 6.07) is 0. The second-order valence-electron chi connectivity index (χ2n) is 7.94. The summed E-state index contributed by atoms with van der Waals surface area (Å²) in [5.74, 6) is 0.883. The van der Waals surface area contributed by atoms with Crippen LogP contribution in [0.2, 0.25) is 0 Å². The quantitative estimate of drug-likeness (QED) is 0.360. The standard InChI is InChI=1S/C20H32N6S.HI/c1-21-18(22-14-17-15-25-12-13-27-19(25)24-17)23-16-20(8-4-2-5-9-20)26-10-6-3-7-11-26;/h12-13,15H,2-11,14,16H2,1H3,(H2,21,22,23);1H. The van der Waals surface area contributed by atoms with Gasteiger partial charge >= 0.3 is 0 Å². The first kappa shape index (κ1) is 21.8. The molecule has 0 atom stereocenters. The number of piperidine rings is 1. The lowest BCUT2D eigenvalue weighted by Gasteiger charge is -2.48. The van der Waals surface area contributed by atoms with Crippen molar-refractivity contribution in [2.45, 2.75) is 63.5 Å². The van der Waals surface area contributed by atoms with Crippen LogP contribution in [0.5, 0.6) is 0 Å². The van der Waals surface area contributed by atoms with Crippen LogP contribution in [-0.4, -0.2) is 52.5 Å². The van der Waals surface area contributed by atoms with E-state index in [1.54, 1.807) is 11.3 Å². The second-order valence-corrected chi connectivity index (χ2v) is 8.81. The number of rotatable bonds is 5. The van der Waals surface area contributed by atoms with Gasteiger partial charge in [-0.1, -0.05) is 25.7 Å². The number of fused-ring (bicyclic) bond motifs is 1. The Hall–Kier alpha value is -0.870. The maximum Gasteiger partial charge on any atom is 0.193 e. The van der Waals surface area contributed by atoms with Gasteiger partial charge in [-0.25, -0.2) is 4.98 Å². The molecule has 0 aromatic carbocycles. The van der Waals surface area contributed by atoms with Crippen molar-refractivity contribution in [2.75, 3.05) is 26.7 Å². The van der Waals surface area contributed by atoms with E-state index in [2.05, 4.69) is 47.7 Å². The highest BCUT2D eigenvalue weighted by molar-refractivity contribution is 14.0. The Bertz CT molecular complexity index is 729. The summed E-state index contributed by atoms with van der Waals surface area (Å²) in [4.78, 5) is 12.9. The molecule has 2 aromatic heterocycles. The number of likely N-dealkylation sites (tertiary alicyclic amines) is 1. The van der Waals surface area contributed by atoms with Gasteiger partial charge in [0.15, 0.2) is 10.9 Å². The molecular formula is C20H33IN6S. The molecule has 0 radical (unpaired) electrons. The smallest absolute Gasteiger partial charge is 0.193 e. The number of imidazole rings is 1. The molecule has 0 bridgehead atoms. The van der Waals surface area contributed by atoms with E-state index in [-0.39, 0.29) is 24.0 Å². The van der Waals surface area contributed by atoms with Crippen LogP contribution in [0, 0.1) is 0 Å². The summed E-state index contributed by atoms with van der Waals surface area (Å²) in [7, 11) is 1.86. The molecule has 2 fully saturated rings. The van der Waals surface area contributed by atoms with E-state index >= 15 is 0 Å². The summed E-state index contributed by atoms with van der Waals surface area (Å²) in [5, 5.41) is 9.15. The number of aliphatic imine (C=N–C) groups is 1. The molecule has 1 saturated heterocycles. The predicted molar refractivity (Wildman–Crippen MR) is 128 cm³/mol. The molecule has 2 aliphatic rings. The van der Waals surface area contributed by atoms with Crippen LogP contribution in [0.3, 0.4) is 0 Å². The van der Waals surface area contributed by atoms with Crippen LogP contribution >= 0.6 is 35.3 Å². The average Bonchev–Trinajstić information content (AvgIpc) is 3.31. The Kier molecular flexibility index (Phi) is 7.99. The van der Waals surface area contributed by atoms with Crippen LogP contribution in [0.15, 0.2) is 22.8 Å². The second kappa shape index (κ2) is 10.2. The van der Waals surface area contributed by atoms with Gasteiger partial charge in [-0.3, -0.25) is 14.3 Å². The average molecular weight is 516 g/mol. The van der Waals surface area contributed by atoms with Crippen LogP contribution in [0.1, 0.15) is 57.1 Å². The minimum atomic E-state index is 0. The van der Waals surface area contributed by atoms with Gasteiger partial charge in [-0.05, 0) is 38.8 Å². The lowest BCUT2D eigenvalue weighted by molar-refractivity contribution is 0.0368. The maximum atomic E-state index is 4.64. The highest BCUT2D eigenvalue weighted by Crippen LogP contribution is 2.35. The number of hydrogen-bond acceptors (Lipinski definition) is 4. The van der Waals surface area contributed by atoms with Gasteiger partial charge in [0.25, 0.3) is 0 Å². The number of halogens is 1. The number of nitrogens with one attached hydrogen (secondary N) is 2. The highest BCUT2D eigenvalue weighted by atomic mass is 127. The van der Waals surface area contributed by atoms with E-state index in [0.717, 1.165) is 23.2 Å². The SMILES string of the molecule is CN=C(NCc1cn2ccsc2n1)NCC1(N2CCCCC2)CCCCC1.I. The third-order valence-electron chi connectivity index (χ3n) is 6.20. The molecule has 3 heterocycles. The van der Waals surface area contributed by atoms with Crippen molar-refractivity contribution in [1.29, 1.82) is 0 Å². The van der Waals surface area contributed by atoms with Crippen molar-refractivity contribution in [3.63, 3.8) is 0 Å². The monoisotopic (exact) mass is 516 g/mol. The summed E-state index contributed by atoms with van der Waals surface area (Å²) >= 11 is 1.67. The topological polar surface area (TPSA) is 57.0 Å². The molecular weight excluding hydrogens is 483 g/mol. The number of guanidine groups is 1. The largest absolute Gasteiger partial charge is 0.355 e. The van der Waals surface area contributed by atoms with E-state index in [4.69, 9.17) is 0 Å². The minimum Gasteiger partial charge on any atom is -0.355 e. The third-order valence-corrected chi connectivity index (χ3v) is 6.97. The van der Waals surface area contributed by atoms with E-state index < -0.39 is 0 Å². The van der Waals surface area contributed by atoms with Gasteiger partial charge in [0.1, 0.15) is 0 Å². The Morgan fingerprint density at radius 2 is 1.89 bits per heavy atom. The van der Waals surface area contributed by atoms with Crippen molar-refractivity contribution in [3.05, 3.63) is 23.5 Å². The summed E-state index contributed by atoms with van der Waals surface area (Å²) in [6.45, 7) is 4.22. The fourth-order valence-electron chi connectivity index (χ4n) is 4.69. The Morgan fingerprint density at radius 3 is 2.61 bits per heavy atom.